The summed E-state index contributed by atoms with van der Waals surface area (Å²) in [6.07, 6.45) is 13.6. The normalized spacial score (nSPS) is 25.0. The van der Waals surface area contributed by atoms with Crippen LogP contribution in [0.25, 0.3) is 5.57 Å². The van der Waals surface area contributed by atoms with Gasteiger partial charge in [-0.05, 0) is 98.5 Å². The Morgan fingerprint density at radius 3 is 2.39 bits per heavy atom. The first-order valence-electron chi connectivity index (χ1n) is 9.15. The molecule has 1 aromatic rings. The fraction of sp³-hybridized carbons (Fsp3) is 0.545. The second kappa shape index (κ2) is 7.38. The number of aryl methyl sites for hydroxylation is 1. The molecule has 0 amide bonds. The number of allylic oxidation sites excluding steroid dienone is 3. The number of ether oxygens (including phenoxy) is 1. The van der Waals surface area contributed by atoms with Crippen LogP contribution >= 0.6 is 0 Å². The first-order valence-corrected chi connectivity index (χ1v) is 9.15. The molecule has 0 bridgehead atoms. The molecule has 2 aliphatic carbocycles. The van der Waals surface area contributed by atoms with Gasteiger partial charge in [-0.25, -0.2) is 0 Å². The van der Waals surface area contributed by atoms with E-state index in [4.69, 9.17) is 4.74 Å². The zero-order valence-corrected chi connectivity index (χ0v) is 14.9. The molecular formula is C22H30O. The van der Waals surface area contributed by atoms with Gasteiger partial charge >= 0.3 is 0 Å². The zero-order valence-electron chi connectivity index (χ0n) is 14.9. The van der Waals surface area contributed by atoms with Crippen molar-refractivity contribution < 1.29 is 4.74 Å². The lowest BCUT2D eigenvalue weighted by Crippen LogP contribution is -2.20. The van der Waals surface area contributed by atoms with E-state index in [1.165, 1.54) is 67.2 Å². The third kappa shape index (κ3) is 3.71. The molecule has 1 aromatic carbocycles. The van der Waals surface area contributed by atoms with Gasteiger partial charge in [-0.15, -0.1) is 0 Å². The Kier molecular flexibility index (Phi) is 5.25. The number of benzene rings is 1. The molecule has 1 fully saturated rings. The minimum atomic E-state index is 0.896. The van der Waals surface area contributed by atoms with Crippen molar-refractivity contribution in [3.8, 4) is 0 Å². The van der Waals surface area contributed by atoms with Crippen LogP contribution in [-0.2, 0) is 4.74 Å². The van der Waals surface area contributed by atoms with E-state index < -0.39 is 0 Å². The minimum absolute atomic E-state index is 0.896. The average Bonchev–Trinajstić information content (AvgIpc) is 2.59. The van der Waals surface area contributed by atoms with Gasteiger partial charge in [0.05, 0.1) is 13.4 Å². The van der Waals surface area contributed by atoms with Gasteiger partial charge in [0.1, 0.15) is 0 Å². The molecule has 0 heterocycles. The lowest BCUT2D eigenvalue weighted by Gasteiger charge is -2.33. The maximum Gasteiger partial charge on any atom is 0.0816 e. The molecule has 3 rings (SSSR count). The molecule has 1 unspecified atom stereocenters. The summed E-state index contributed by atoms with van der Waals surface area (Å²) in [6, 6.07) is 6.73. The smallest absolute Gasteiger partial charge is 0.0816 e. The Hall–Kier alpha value is -1.50. The summed E-state index contributed by atoms with van der Waals surface area (Å²) >= 11 is 0. The molecule has 1 heteroatoms. The Balaban J connectivity index is 1.63. The summed E-state index contributed by atoms with van der Waals surface area (Å²) in [5.41, 5.74) is 7.45. The van der Waals surface area contributed by atoms with Crippen LogP contribution in [0.4, 0.5) is 0 Å². The maximum atomic E-state index is 5.17. The van der Waals surface area contributed by atoms with Crippen LogP contribution in [0.15, 0.2) is 36.1 Å². The van der Waals surface area contributed by atoms with E-state index in [-0.39, 0.29) is 0 Å². The molecule has 0 aliphatic heterocycles. The average molecular weight is 310 g/mol. The SMILES string of the molecule is COC=C1CCC(C2CC=C(c3cccc(C)c3C)CC2)CC1. The van der Waals surface area contributed by atoms with E-state index in [0.717, 1.165) is 11.8 Å². The summed E-state index contributed by atoms with van der Waals surface area (Å²) in [5, 5.41) is 0. The lowest BCUT2D eigenvalue weighted by atomic mass is 9.72. The molecule has 23 heavy (non-hydrogen) atoms. The van der Waals surface area contributed by atoms with E-state index >= 15 is 0 Å². The van der Waals surface area contributed by atoms with E-state index in [1.807, 2.05) is 6.26 Å². The van der Waals surface area contributed by atoms with Gasteiger partial charge in [0, 0.05) is 0 Å². The maximum absolute atomic E-state index is 5.17. The Labute approximate surface area is 141 Å². The van der Waals surface area contributed by atoms with E-state index in [9.17, 15) is 0 Å². The third-order valence-corrected chi connectivity index (χ3v) is 6.03. The van der Waals surface area contributed by atoms with Gasteiger partial charge < -0.3 is 4.74 Å². The lowest BCUT2D eigenvalue weighted by molar-refractivity contribution is 0.251. The van der Waals surface area contributed by atoms with Crippen LogP contribution in [0.2, 0.25) is 0 Å². The highest BCUT2D eigenvalue weighted by atomic mass is 16.5. The molecule has 0 saturated heterocycles. The van der Waals surface area contributed by atoms with E-state index in [0.29, 0.717) is 0 Å². The van der Waals surface area contributed by atoms with Gasteiger partial charge in [-0.2, -0.15) is 0 Å². The molecule has 1 saturated carbocycles. The molecule has 124 valence electrons. The fourth-order valence-electron chi connectivity index (χ4n) is 4.39. The molecule has 0 aromatic heterocycles. The molecule has 0 spiro atoms. The second-order valence-corrected chi connectivity index (χ2v) is 7.36. The highest BCUT2D eigenvalue weighted by molar-refractivity contribution is 5.69. The van der Waals surface area contributed by atoms with Crippen molar-refractivity contribution in [3.05, 3.63) is 52.8 Å². The van der Waals surface area contributed by atoms with Crippen molar-refractivity contribution in [2.75, 3.05) is 7.11 Å². The molecule has 1 nitrogen and oxygen atoms in total. The Bertz CT molecular complexity index is 598. The largest absolute Gasteiger partial charge is 0.504 e. The number of rotatable bonds is 3. The topological polar surface area (TPSA) is 9.23 Å². The third-order valence-electron chi connectivity index (χ3n) is 6.03. The van der Waals surface area contributed by atoms with E-state index in [2.05, 4.69) is 38.1 Å². The summed E-state index contributed by atoms with van der Waals surface area (Å²) in [6.45, 7) is 4.49. The van der Waals surface area contributed by atoms with Crippen LogP contribution in [0.5, 0.6) is 0 Å². The molecule has 0 N–H and O–H groups in total. The van der Waals surface area contributed by atoms with Crippen LogP contribution in [0, 0.1) is 25.7 Å². The van der Waals surface area contributed by atoms with Crippen LogP contribution in [-0.4, -0.2) is 7.11 Å². The first-order chi connectivity index (χ1) is 11.2. The van der Waals surface area contributed by atoms with Gasteiger partial charge in [-0.1, -0.05) is 24.3 Å². The van der Waals surface area contributed by atoms with Crippen molar-refractivity contribution in [3.63, 3.8) is 0 Å². The van der Waals surface area contributed by atoms with Crippen molar-refractivity contribution in [2.24, 2.45) is 11.8 Å². The summed E-state index contributed by atoms with van der Waals surface area (Å²) < 4.78 is 5.17. The van der Waals surface area contributed by atoms with Crippen LogP contribution in [0.1, 0.15) is 61.6 Å². The highest BCUT2D eigenvalue weighted by Crippen LogP contribution is 2.41. The number of methoxy groups -OCH3 is 1. The monoisotopic (exact) mass is 310 g/mol. The summed E-state index contributed by atoms with van der Waals surface area (Å²) in [4.78, 5) is 0. The van der Waals surface area contributed by atoms with Crippen LogP contribution < -0.4 is 0 Å². The van der Waals surface area contributed by atoms with Gasteiger partial charge in [-0.3, -0.25) is 0 Å². The highest BCUT2D eigenvalue weighted by Gasteiger charge is 2.27. The van der Waals surface area contributed by atoms with Crippen molar-refractivity contribution in [2.45, 2.75) is 58.8 Å². The van der Waals surface area contributed by atoms with Crippen molar-refractivity contribution in [1.82, 2.24) is 0 Å². The summed E-state index contributed by atoms with van der Waals surface area (Å²) in [7, 11) is 1.76. The molecule has 2 aliphatic rings. The second-order valence-electron chi connectivity index (χ2n) is 7.36. The number of hydrogen-bond donors (Lipinski definition) is 0. The van der Waals surface area contributed by atoms with Crippen molar-refractivity contribution in [1.29, 1.82) is 0 Å². The predicted molar refractivity (Wildman–Crippen MR) is 98.3 cm³/mol. The van der Waals surface area contributed by atoms with Crippen LogP contribution in [0.3, 0.4) is 0 Å². The molecule has 1 atom stereocenters. The predicted octanol–water partition coefficient (Wildman–Crippen LogP) is 6.21. The first kappa shape index (κ1) is 16.4. The Morgan fingerprint density at radius 1 is 1.00 bits per heavy atom. The van der Waals surface area contributed by atoms with Gasteiger partial charge in [0.2, 0.25) is 0 Å². The fourth-order valence-corrected chi connectivity index (χ4v) is 4.39. The standard InChI is InChI=1S/C22H30O/c1-16-5-4-6-22(17(16)2)21-13-11-20(12-14-21)19-9-7-18(8-10-19)15-23-3/h4-6,13,15,19-20H,7-12,14H2,1-3H3. The van der Waals surface area contributed by atoms with Gasteiger partial charge in [0.25, 0.3) is 0 Å². The molecule has 0 radical (unpaired) electrons. The van der Waals surface area contributed by atoms with E-state index in [1.54, 1.807) is 12.7 Å². The molecular weight excluding hydrogens is 280 g/mol. The summed E-state index contributed by atoms with van der Waals surface area (Å²) in [5.74, 6) is 1.81. The number of hydrogen-bond acceptors (Lipinski definition) is 1. The zero-order chi connectivity index (χ0) is 16.2. The van der Waals surface area contributed by atoms with Crippen molar-refractivity contribution >= 4 is 5.57 Å². The minimum Gasteiger partial charge on any atom is -0.504 e. The quantitative estimate of drug-likeness (QED) is 0.603. The van der Waals surface area contributed by atoms with Gasteiger partial charge in [0.15, 0.2) is 0 Å². The Morgan fingerprint density at radius 2 is 1.74 bits per heavy atom.